The highest BCUT2D eigenvalue weighted by Gasteiger charge is 2.11. The van der Waals surface area contributed by atoms with E-state index in [2.05, 4.69) is 25.6 Å². The lowest BCUT2D eigenvalue weighted by molar-refractivity contribution is 0.0600. The lowest BCUT2D eigenvalue weighted by Gasteiger charge is -2.10. The maximum absolute atomic E-state index is 11.9. The van der Waals surface area contributed by atoms with Crippen LogP contribution < -0.4 is 10.6 Å². The number of anilines is 2. The lowest BCUT2D eigenvalue weighted by Crippen LogP contribution is -2.32. The number of methoxy groups -OCH3 is 1. The van der Waals surface area contributed by atoms with Gasteiger partial charge >= 0.3 is 5.97 Å². The first kappa shape index (κ1) is 17.4. The van der Waals surface area contributed by atoms with Gasteiger partial charge in [-0.2, -0.15) is 0 Å². The topological polar surface area (TPSA) is 93.2 Å². The maximum atomic E-state index is 11.9. The van der Waals surface area contributed by atoms with Gasteiger partial charge in [0, 0.05) is 11.7 Å². The Kier molecular flexibility index (Phi) is 5.83. The molecule has 1 heterocycles. The van der Waals surface area contributed by atoms with E-state index in [9.17, 15) is 9.59 Å². The Morgan fingerprint density at radius 3 is 2.38 bits per heavy atom. The predicted octanol–water partition coefficient (Wildman–Crippen LogP) is 2.54. The molecule has 0 saturated carbocycles. The number of hydrogen-bond donors (Lipinski definition) is 2. The number of carbonyl (C=O) groups is 2. The normalized spacial score (nSPS) is 11.5. The van der Waals surface area contributed by atoms with E-state index in [0.29, 0.717) is 11.4 Å². The minimum Gasteiger partial charge on any atom is -0.465 e. The first-order valence-electron chi connectivity index (χ1n) is 7.63. The standard InChI is InChI=1S/C17H20N4O3/c1-4-11(2)18-16(22)14-9-10-15(21-20-14)19-13-7-5-12(6-8-13)17(23)24-3/h5-11H,4H2,1-3H3,(H,18,22)(H,19,21). The van der Waals surface area contributed by atoms with Gasteiger partial charge in [0.05, 0.1) is 12.7 Å². The molecule has 2 N–H and O–H groups in total. The number of rotatable bonds is 6. The number of hydrogen-bond acceptors (Lipinski definition) is 6. The Hall–Kier alpha value is -2.96. The van der Waals surface area contributed by atoms with Crippen LogP contribution in [0.15, 0.2) is 36.4 Å². The molecule has 0 radical (unpaired) electrons. The molecule has 1 unspecified atom stereocenters. The van der Waals surface area contributed by atoms with E-state index in [0.717, 1.165) is 12.1 Å². The fourth-order valence-electron chi connectivity index (χ4n) is 1.88. The number of ether oxygens (including phenoxy) is 1. The van der Waals surface area contributed by atoms with Crippen LogP contribution in [0.1, 0.15) is 41.1 Å². The molecule has 0 bridgehead atoms. The minimum atomic E-state index is -0.391. The molecule has 0 spiro atoms. The van der Waals surface area contributed by atoms with E-state index < -0.39 is 5.97 Å². The van der Waals surface area contributed by atoms with Crippen LogP contribution in [-0.4, -0.2) is 35.2 Å². The summed E-state index contributed by atoms with van der Waals surface area (Å²) in [4.78, 5) is 23.3. The molecule has 0 aliphatic rings. The average Bonchev–Trinajstić information content (AvgIpc) is 2.62. The molecule has 1 amide bonds. The van der Waals surface area contributed by atoms with Crippen molar-refractivity contribution in [1.82, 2.24) is 15.5 Å². The molecule has 1 atom stereocenters. The Labute approximate surface area is 140 Å². The van der Waals surface area contributed by atoms with Gasteiger partial charge in [0.25, 0.3) is 5.91 Å². The number of benzene rings is 1. The van der Waals surface area contributed by atoms with Crippen molar-refractivity contribution in [2.24, 2.45) is 0 Å². The largest absolute Gasteiger partial charge is 0.465 e. The van der Waals surface area contributed by atoms with Crippen LogP contribution in [0.25, 0.3) is 0 Å². The number of amides is 1. The molecule has 7 nitrogen and oxygen atoms in total. The van der Waals surface area contributed by atoms with E-state index >= 15 is 0 Å². The summed E-state index contributed by atoms with van der Waals surface area (Å²) in [6.45, 7) is 3.92. The van der Waals surface area contributed by atoms with Crippen molar-refractivity contribution in [2.45, 2.75) is 26.3 Å². The van der Waals surface area contributed by atoms with Crippen LogP contribution in [0, 0.1) is 0 Å². The quantitative estimate of drug-likeness (QED) is 0.792. The van der Waals surface area contributed by atoms with Gasteiger partial charge in [-0.05, 0) is 49.7 Å². The van der Waals surface area contributed by atoms with E-state index in [-0.39, 0.29) is 17.6 Å². The number of esters is 1. The smallest absolute Gasteiger partial charge is 0.337 e. The van der Waals surface area contributed by atoms with Crippen molar-refractivity contribution in [3.8, 4) is 0 Å². The third-order valence-electron chi connectivity index (χ3n) is 3.47. The van der Waals surface area contributed by atoms with Gasteiger partial charge in [-0.15, -0.1) is 10.2 Å². The number of carbonyl (C=O) groups excluding carboxylic acids is 2. The third kappa shape index (κ3) is 4.52. The van der Waals surface area contributed by atoms with Crippen molar-refractivity contribution < 1.29 is 14.3 Å². The van der Waals surface area contributed by atoms with Crippen LogP contribution in [0.3, 0.4) is 0 Å². The first-order valence-corrected chi connectivity index (χ1v) is 7.63. The maximum Gasteiger partial charge on any atom is 0.337 e. The lowest BCUT2D eigenvalue weighted by atomic mass is 10.2. The summed E-state index contributed by atoms with van der Waals surface area (Å²) in [6, 6.07) is 10.1. The molecule has 0 saturated heterocycles. The molecule has 24 heavy (non-hydrogen) atoms. The Morgan fingerprint density at radius 2 is 1.83 bits per heavy atom. The second-order valence-corrected chi connectivity index (χ2v) is 5.28. The summed E-state index contributed by atoms with van der Waals surface area (Å²) in [6.07, 6.45) is 0.848. The van der Waals surface area contributed by atoms with Crippen LogP contribution in [0.2, 0.25) is 0 Å². The average molecular weight is 328 g/mol. The summed E-state index contributed by atoms with van der Waals surface area (Å²) in [7, 11) is 1.34. The molecule has 2 aromatic rings. The highest BCUT2D eigenvalue weighted by molar-refractivity contribution is 5.92. The predicted molar refractivity (Wildman–Crippen MR) is 90.3 cm³/mol. The van der Waals surface area contributed by atoms with Gasteiger partial charge in [0.15, 0.2) is 11.5 Å². The summed E-state index contributed by atoms with van der Waals surface area (Å²) in [5.41, 5.74) is 1.47. The summed E-state index contributed by atoms with van der Waals surface area (Å²) >= 11 is 0. The molecule has 1 aromatic carbocycles. The zero-order valence-corrected chi connectivity index (χ0v) is 13.9. The molecule has 0 fully saturated rings. The number of nitrogens with zero attached hydrogens (tertiary/aromatic N) is 2. The fraction of sp³-hybridized carbons (Fsp3) is 0.294. The fourth-order valence-corrected chi connectivity index (χ4v) is 1.88. The second-order valence-electron chi connectivity index (χ2n) is 5.28. The van der Waals surface area contributed by atoms with Crippen LogP contribution in [0.4, 0.5) is 11.5 Å². The Balaban J connectivity index is 2.01. The molecule has 0 aliphatic heterocycles. The summed E-state index contributed by atoms with van der Waals surface area (Å²) in [5, 5.41) is 13.8. The molecular weight excluding hydrogens is 308 g/mol. The highest BCUT2D eigenvalue weighted by Crippen LogP contribution is 2.15. The Morgan fingerprint density at radius 1 is 1.12 bits per heavy atom. The van der Waals surface area contributed by atoms with Gasteiger partial charge in [0.2, 0.25) is 0 Å². The van der Waals surface area contributed by atoms with Gasteiger partial charge < -0.3 is 15.4 Å². The number of nitrogens with one attached hydrogen (secondary N) is 2. The van der Waals surface area contributed by atoms with Gasteiger partial charge in [-0.3, -0.25) is 4.79 Å². The molecule has 0 aliphatic carbocycles. The first-order chi connectivity index (χ1) is 11.5. The van der Waals surface area contributed by atoms with Gasteiger partial charge in [0.1, 0.15) is 0 Å². The molecule has 1 aromatic heterocycles. The van der Waals surface area contributed by atoms with Crippen molar-refractivity contribution >= 4 is 23.4 Å². The van der Waals surface area contributed by atoms with Crippen molar-refractivity contribution in [3.05, 3.63) is 47.7 Å². The SMILES string of the molecule is CCC(C)NC(=O)c1ccc(Nc2ccc(C(=O)OC)cc2)nn1. The highest BCUT2D eigenvalue weighted by atomic mass is 16.5. The van der Waals surface area contributed by atoms with E-state index in [1.165, 1.54) is 7.11 Å². The zero-order chi connectivity index (χ0) is 17.5. The van der Waals surface area contributed by atoms with Crippen molar-refractivity contribution in [3.63, 3.8) is 0 Å². The van der Waals surface area contributed by atoms with Crippen LogP contribution in [-0.2, 0) is 4.74 Å². The monoisotopic (exact) mass is 328 g/mol. The summed E-state index contributed by atoms with van der Waals surface area (Å²) < 4.78 is 4.65. The third-order valence-corrected chi connectivity index (χ3v) is 3.47. The van der Waals surface area contributed by atoms with Crippen molar-refractivity contribution in [2.75, 3.05) is 12.4 Å². The molecule has 7 heteroatoms. The number of aromatic nitrogens is 2. The van der Waals surface area contributed by atoms with E-state index in [1.807, 2.05) is 13.8 Å². The zero-order valence-electron chi connectivity index (χ0n) is 13.9. The molecular formula is C17H20N4O3. The van der Waals surface area contributed by atoms with E-state index in [4.69, 9.17) is 0 Å². The minimum absolute atomic E-state index is 0.0884. The molecule has 126 valence electrons. The van der Waals surface area contributed by atoms with Crippen LogP contribution >= 0.6 is 0 Å². The summed E-state index contributed by atoms with van der Waals surface area (Å²) in [5.74, 6) is -0.134. The molecule has 2 rings (SSSR count). The van der Waals surface area contributed by atoms with E-state index in [1.54, 1.807) is 36.4 Å². The van der Waals surface area contributed by atoms with Crippen LogP contribution in [0.5, 0.6) is 0 Å². The second kappa shape index (κ2) is 8.05. The van der Waals surface area contributed by atoms with Gasteiger partial charge in [-0.25, -0.2) is 4.79 Å². The van der Waals surface area contributed by atoms with Gasteiger partial charge in [-0.1, -0.05) is 6.92 Å². The Bertz CT molecular complexity index is 699. The van der Waals surface area contributed by atoms with Crippen molar-refractivity contribution in [1.29, 1.82) is 0 Å².